The molecule has 0 saturated carbocycles. The number of thiophene rings is 1. The average molecular weight is 391 g/mol. The van der Waals surface area contributed by atoms with Crippen LogP contribution in [0.3, 0.4) is 0 Å². The van der Waals surface area contributed by atoms with Crippen molar-refractivity contribution in [2.75, 3.05) is 26.7 Å². The molecule has 0 aliphatic carbocycles. The monoisotopic (exact) mass is 390 g/mol. The number of amides is 1. The minimum absolute atomic E-state index is 0.152. The zero-order chi connectivity index (χ0) is 19.2. The van der Waals surface area contributed by atoms with Crippen molar-refractivity contribution < 1.29 is 19.7 Å². The highest BCUT2D eigenvalue weighted by atomic mass is 32.1. The first-order chi connectivity index (χ1) is 13.1. The summed E-state index contributed by atoms with van der Waals surface area (Å²) in [5, 5.41) is 24.8. The predicted octanol–water partition coefficient (Wildman–Crippen LogP) is 1.14. The van der Waals surface area contributed by atoms with Gasteiger partial charge in [0.1, 0.15) is 12.2 Å². The molecule has 0 radical (unpaired) electrons. The van der Waals surface area contributed by atoms with Gasteiger partial charge in [0.15, 0.2) is 0 Å². The van der Waals surface area contributed by atoms with Crippen LogP contribution < -0.4 is 5.32 Å². The van der Waals surface area contributed by atoms with E-state index in [0.717, 1.165) is 13.0 Å². The van der Waals surface area contributed by atoms with Gasteiger partial charge >= 0.3 is 0 Å². The van der Waals surface area contributed by atoms with E-state index in [-0.39, 0.29) is 31.2 Å². The van der Waals surface area contributed by atoms with Gasteiger partial charge in [0.25, 0.3) is 5.91 Å². The summed E-state index contributed by atoms with van der Waals surface area (Å²) in [6.07, 6.45) is -0.988. The molecule has 1 aliphatic rings. The number of nitrogens with zero attached hydrogens (tertiary/aromatic N) is 1. The fourth-order valence-corrected chi connectivity index (χ4v) is 4.12. The lowest BCUT2D eigenvalue weighted by molar-refractivity contribution is -0.0209. The molecule has 0 unspecified atom stereocenters. The van der Waals surface area contributed by atoms with Gasteiger partial charge in [0.2, 0.25) is 0 Å². The van der Waals surface area contributed by atoms with Crippen molar-refractivity contribution >= 4 is 17.2 Å². The molecule has 0 spiro atoms. The number of aliphatic hydroxyl groups is 2. The standard InChI is InChI=1S/C20H26N2O4S/c1-22(10-9-14-6-3-2-4-7-14)18-15(26-16(13-23)19(18)24)12-21-20(25)17-8-5-11-27-17/h2-8,11,15-16,18-19,23-24H,9-10,12-13H2,1H3,(H,21,25)/t15-,16+,18+,19-/m1/s1. The van der Waals surface area contributed by atoms with Gasteiger partial charge in [-0.1, -0.05) is 36.4 Å². The minimum atomic E-state index is -0.806. The summed E-state index contributed by atoms with van der Waals surface area (Å²) < 4.78 is 5.82. The lowest BCUT2D eigenvalue weighted by Gasteiger charge is -2.30. The van der Waals surface area contributed by atoms with Crippen LogP contribution in [0.5, 0.6) is 0 Å². The zero-order valence-electron chi connectivity index (χ0n) is 15.3. The fraction of sp³-hybridized carbons (Fsp3) is 0.450. The van der Waals surface area contributed by atoms with E-state index in [1.165, 1.54) is 16.9 Å². The molecule has 2 aromatic rings. The number of carbonyl (C=O) groups is 1. The van der Waals surface area contributed by atoms with Gasteiger partial charge in [0.05, 0.1) is 23.6 Å². The summed E-state index contributed by atoms with van der Waals surface area (Å²) >= 11 is 1.38. The lowest BCUT2D eigenvalue weighted by Crippen LogP contribution is -2.50. The number of hydrogen-bond donors (Lipinski definition) is 3. The van der Waals surface area contributed by atoms with Crippen LogP contribution >= 0.6 is 11.3 Å². The first-order valence-electron chi connectivity index (χ1n) is 9.10. The van der Waals surface area contributed by atoms with Gasteiger partial charge in [-0.2, -0.15) is 0 Å². The van der Waals surface area contributed by atoms with E-state index in [1.54, 1.807) is 6.07 Å². The summed E-state index contributed by atoms with van der Waals surface area (Å²) in [7, 11) is 1.94. The number of likely N-dealkylation sites (N-methyl/N-ethyl adjacent to an activating group) is 1. The highest BCUT2D eigenvalue weighted by Gasteiger charge is 2.45. The quantitative estimate of drug-likeness (QED) is 0.630. The van der Waals surface area contributed by atoms with Crippen LogP contribution in [-0.4, -0.2) is 72.1 Å². The SMILES string of the molecule is CN(CCc1ccccc1)[C@@H]1[C@H](O)[C@H](CO)O[C@@H]1CNC(=O)c1cccs1. The fourth-order valence-electron chi connectivity index (χ4n) is 3.48. The Balaban J connectivity index is 1.61. The first kappa shape index (κ1) is 20.0. The van der Waals surface area contributed by atoms with Gasteiger partial charge < -0.3 is 20.3 Å². The maximum Gasteiger partial charge on any atom is 0.261 e. The lowest BCUT2D eigenvalue weighted by atomic mass is 10.0. The predicted molar refractivity (Wildman–Crippen MR) is 105 cm³/mol. The number of aliphatic hydroxyl groups excluding tert-OH is 2. The number of hydrogen-bond acceptors (Lipinski definition) is 6. The topological polar surface area (TPSA) is 82.0 Å². The average Bonchev–Trinajstić information content (AvgIpc) is 3.33. The molecule has 1 saturated heterocycles. The highest BCUT2D eigenvalue weighted by molar-refractivity contribution is 7.12. The van der Waals surface area contributed by atoms with E-state index < -0.39 is 12.2 Å². The molecule has 7 heteroatoms. The Hall–Kier alpha value is -1.77. The van der Waals surface area contributed by atoms with Crippen LogP contribution in [0.25, 0.3) is 0 Å². The molecule has 4 atom stereocenters. The third-order valence-corrected chi connectivity index (χ3v) is 5.82. The van der Waals surface area contributed by atoms with Crippen LogP contribution in [0.1, 0.15) is 15.2 Å². The normalized spacial score (nSPS) is 25.0. The molecular weight excluding hydrogens is 364 g/mol. The van der Waals surface area contributed by atoms with Crippen molar-refractivity contribution in [2.24, 2.45) is 0 Å². The first-order valence-corrected chi connectivity index (χ1v) is 9.98. The van der Waals surface area contributed by atoms with E-state index in [4.69, 9.17) is 4.74 Å². The maximum atomic E-state index is 12.2. The number of ether oxygens (including phenoxy) is 1. The Kier molecular flexibility index (Phi) is 6.98. The number of benzene rings is 1. The molecule has 1 aliphatic heterocycles. The molecule has 1 amide bonds. The number of carbonyl (C=O) groups excluding carboxylic acids is 1. The second-order valence-corrected chi connectivity index (χ2v) is 7.73. The molecule has 6 nitrogen and oxygen atoms in total. The van der Waals surface area contributed by atoms with Crippen LogP contribution in [0.15, 0.2) is 47.8 Å². The van der Waals surface area contributed by atoms with Gasteiger partial charge in [-0.05, 0) is 30.5 Å². The molecule has 3 rings (SSSR count). The molecule has 146 valence electrons. The molecular formula is C20H26N2O4S. The Morgan fingerprint density at radius 2 is 2.00 bits per heavy atom. The van der Waals surface area contributed by atoms with Crippen molar-refractivity contribution in [3.63, 3.8) is 0 Å². The van der Waals surface area contributed by atoms with E-state index in [0.29, 0.717) is 4.88 Å². The zero-order valence-corrected chi connectivity index (χ0v) is 16.1. The summed E-state index contributed by atoms with van der Waals surface area (Å²) in [6, 6.07) is 13.5. The van der Waals surface area contributed by atoms with Gasteiger partial charge in [-0.3, -0.25) is 9.69 Å². The largest absolute Gasteiger partial charge is 0.394 e. The molecule has 1 fully saturated rings. The second kappa shape index (κ2) is 9.43. The van der Waals surface area contributed by atoms with Crippen molar-refractivity contribution in [3.05, 3.63) is 58.3 Å². The number of nitrogens with one attached hydrogen (secondary N) is 1. The Morgan fingerprint density at radius 3 is 2.67 bits per heavy atom. The van der Waals surface area contributed by atoms with Crippen molar-refractivity contribution in [1.29, 1.82) is 0 Å². The Labute approximate surface area is 163 Å². The summed E-state index contributed by atoms with van der Waals surface area (Å²) in [5.41, 5.74) is 1.22. The molecule has 3 N–H and O–H groups in total. The van der Waals surface area contributed by atoms with Crippen molar-refractivity contribution in [2.45, 2.75) is 30.8 Å². The van der Waals surface area contributed by atoms with Crippen molar-refractivity contribution in [1.82, 2.24) is 10.2 Å². The molecule has 0 bridgehead atoms. The second-order valence-electron chi connectivity index (χ2n) is 6.78. The summed E-state index contributed by atoms with van der Waals surface area (Å²) in [5.74, 6) is -0.152. The third kappa shape index (κ3) is 4.94. The third-order valence-electron chi connectivity index (χ3n) is 4.96. The van der Waals surface area contributed by atoms with E-state index >= 15 is 0 Å². The Morgan fingerprint density at radius 1 is 1.22 bits per heavy atom. The summed E-state index contributed by atoms with van der Waals surface area (Å²) in [4.78, 5) is 14.9. The molecule has 2 heterocycles. The van der Waals surface area contributed by atoms with Gasteiger partial charge in [0, 0.05) is 13.1 Å². The van der Waals surface area contributed by atoms with Crippen LogP contribution in [-0.2, 0) is 11.2 Å². The van der Waals surface area contributed by atoms with Gasteiger partial charge in [-0.25, -0.2) is 0 Å². The van der Waals surface area contributed by atoms with Crippen molar-refractivity contribution in [3.8, 4) is 0 Å². The number of rotatable bonds is 8. The Bertz CT molecular complexity index is 710. The smallest absolute Gasteiger partial charge is 0.261 e. The van der Waals surface area contributed by atoms with Crippen LogP contribution in [0.2, 0.25) is 0 Å². The van der Waals surface area contributed by atoms with E-state index in [1.807, 2.05) is 36.7 Å². The maximum absolute atomic E-state index is 12.2. The van der Waals surface area contributed by atoms with Crippen LogP contribution in [0, 0.1) is 0 Å². The molecule has 27 heavy (non-hydrogen) atoms. The van der Waals surface area contributed by atoms with E-state index in [9.17, 15) is 15.0 Å². The molecule has 1 aromatic heterocycles. The highest BCUT2D eigenvalue weighted by Crippen LogP contribution is 2.25. The molecule has 1 aromatic carbocycles. The van der Waals surface area contributed by atoms with E-state index in [2.05, 4.69) is 22.3 Å². The summed E-state index contributed by atoms with van der Waals surface area (Å²) in [6.45, 7) is 0.771. The van der Waals surface area contributed by atoms with Crippen LogP contribution in [0.4, 0.5) is 0 Å². The minimum Gasteiger partial charge on any atom is -0.394 e. The van der Waals surface area contributed by atoms with Gasteiger partial charge in [-0.15, -0.1) is 11.3 Å².